The predicted octanol–water partition coefficient (Wildman–Crippen LogP) is 2.29. The van der Waals surface area contributed by atoms with Crippen LogP contribution in [0.15, 0.2) is 47.4 Å². The Morgan fingerprint density at radius 2 is 1.96 bits per heavy atom. The van der Waals surface area contributed by atoms with E-state index in [1.165, 1.54) is 24.3 Å². The van der Waals surface area contributed by atoms with E-state index in [9.17, 15) is 13.5 Å². The van der Waals surface area contributed by atoms with Gasteiger partial charge in [0.1, 0.15) is 5.75 Å². The average molecular weight is 354 g/mol. The van der Waals surface area contributed by atoms with Crippen molar-refractivity contribution in [1.29, 1.82) is 0 Å². The zero-order chi connectivity index (χ0) is 16.4. The summed E-state index contributed by atoms with van der Waals surface area (Å²) >= 11 is 5.75. The van der Waals surface area contributed by atoms with E-state index in [0.29, 0.717) is 17.2 Å². The molecule has 2 N–H and O–H groups in total. The number of sulfonamides is 1. The molecule has 5 nitrogen and oxygen atoms in total. The fraction of sp³-hybridized carbons (Fsp3) is 0.250. The van der Waals surface area contributed by atoms with E-state index >= 15 is 0 Å². The summed E-state index contributed by atoms with van der Waals surface area (Å²) in [7, 11) is -3.68. The van der Waals surface area contributed by atoms with Crippen LogP contribution in [0.3, 0.4) is 0 Å². The number of fused-ring (bicyclic) bond motifs is 1. The molecule has 2 aromatic carbocycles. The largest absolute Gasteiger partial charge is 0.493 e. The Bertz CT molecular complexity index is 805. The Hall–Kier alpha value is -1.60. The molecule has 7 heteroatoms. The van der Waals surface area contributed by atoms with Crippen LogP contribution in [0.2, 0.25) is 5.02 Å². The molecule has 122 valence electrons. The molecule has 1 unspecified atom stereocenters. The van der Waals surface area contributed by atoms with Crippen molar-refractivity contribution in [3.63, 3.8) is 0 Å². The summed E-state index contributed by atoms with van der Waals surface area (Å²) < 4.78 is 32.2. The highest BCUT2D eigenvalue weighted by Crippen LogP contribution is 2.28. The molecule has 3 rings (SSSR count). The molecule has 1 aliphatic heterocycles. The first-order valence-corrected chi connectivity index (χ1v) is 9.01. The summed E-state index contributed by atoms with van der Waals surface area (Å²) in [6.45, 7) is 0.530. The van der Waals surface area contributed by atoms with Crippen molar-refractivity contribution in [2.45, 2.75) is 17.4 Å². The van der Waals surface area contributed by atoms with E-state index in [1.54, 1.807) is 12.1 Å². The first-order valence-electron chi connectivity index (χ1n) is 7.14. The molecule has 0 spiro atoms. The molecule has 1 atom stereocenters. The van der Waals surface area contributed by atoms with Gasteiger partial charge in [-0.25, -0.2) is 13.1 Å². The van der Waals surface area contributed by atoms with Gasteiger partial charge < -0.3 is 9.84 Å². The highest BCUT2D eigenvalue weighted by atomic mass is 35.5. The first-order chi connectivity index (χ1) is 11.0. The first kappa shape index (κ1) is 16.3. The zero-order valence-electron chi connectivity index (χ0n) is 12.2. The second-order valence-corrected chi connectivity index (χ2v) is 7.49. The van der Waals surface area contributed by atoms with E-state index in [0.717, 1.165) is 17.7 Å². The normalized spacial score (nSPS) is 15.0. The monoisotopic (exact) mass is 353 g/mol. The van der Waals surface area contributed by atoms with Gasteiger partial charge >= 0.3 is 0 Å². The fourth-order valence-electron chi connectivity index (χ4n) is 2.42. The standard InChI is InChI=1S/C16H16ClNO4S/c17-13-2-4-14(5-3-13)23(20,21)18-10-15(19)11-1-6-16-12(9-11)7-8-22-16/h1-6,9,15,18-19H,7-8,10H2. The summed E-state index contributed by atoms with van der Waals surface area (Å²) in [6, 6.07) is 11.2. The molecule has 0 aliphatic carbocycles. The van der Waals surface area contributed by atoms with Crippen LogP contribution >= 0.6 is 11.6 Å². The van der Waals surface area contributed by atoms with E-state index in [4.69, 9.17) is 16.3 Å². The van der Waals surface area contributed by atoms with Crippen molar-refractivity contribution in [1.82, 2.24) is 4.72 Å². The van der Waals surface area contributed by atoms with Crippen molar-refractivity contribution in [2.24, 2.45) is 0 Å². The summed E-state index contributed by atoms with van der Waals surface area (Å²) in [5.41, 5.74) is 1.69. The number of nitrogens with one attached hydrogen (secondary N) is 1. The van der Waals surface area contributed by atoms with E-state index < -0.39 is 16.1 Å². The number of rotatable bonds is 5. The predicted molar refractivity (Wildman–Crippen MR) is 87.2 cm³/mol. The number of ether oxygens (including phenoxy) is 1. The Kier molecular flexibility index (Phi) is 4.59. The van der Waals surface area contributed by atoms with Crippen molar-refractivity contribution in [3.05, 3.63) is 58.6 Å². The second-order valence-electron chi connectivity index (χ2n) is 5.29. The van der Waals surface area contributed by atoms with Gasteiger partial charge in [-0.05, 0) is 47.5 Å². The molecule has 1 aliphatic rings. The molecule has 0 aromatic heterocycles. The minimum Gasteiger partial charge on any atom is -0.493 e. The third-order valence-corrected chi connectivity index (χ3v) is 5.38. The van der Waals surface area contributed by atoms with Crippen LogP contribution in [0.1, 0.15) is 17.2 Å². The quantitative estimate of drug-likeness (QED) is 0.864. The highest BCUT2D eigenvalue weighted by Gasteiger charge is 2.19. The Morgan fingerprint density at radius 3 is 2.70 bits per heavy atom. The van der Waals surface area contributed by atoms with Gasteiger partial charge in [0.05, 0.1) is 17.6 Å². The number of aliphatic hydroxyl groups is 1. The van der Waals surface area contributed by atoms with Crippen molar-refractivity contribution in [2.75, 3.05) is 13.2 Å². The number of benzene rings is 2. The maximum Gasteiger partial charge on any atom is 0.240 e. The van der Waals surface area contributed by atoms with Crippen LogP contribution in [0.4, 0.5) is 0 Å². The second kappa shape index (κ2) is 6.49. The maximum atomic E-state index is 12.2. The van der Waals surface area contributed by atoms with Crippen molar-refractivity contribution < 1.29 is 18.3 Å². The Labute approximate surface area is 139 Å². The smallest absolute Gasteiger partial charge is 0.240 e. The van der Waals surface area contributed by atoms with E-state index in [-0.39, 0.29) is 11.4 Å². The summed E-state index contributed by atoms with van der Waals surface area (Å²) in [5.74, 6) is 0.822. The minimum atomic E-state index is -3.68. The van der Waals surface area contributed by atoms with Crippen LogP contribution in [0.25, 0.3) is 0 Å². The van der Waals surface area contributed by atoms with Crippen LogP contribution in [-0.2, 0) is 16.4 Å². The molecule has 2 aromatic rings. The third kappa shape index (κ3) is 3.67. The molecule has 0 fully saturated rings. The highest BCUT2D eigenvalue weighted by molar-refractivity contribution is 7.89. The SMILES string of the molecule is O=S(=O)(NCC(O)c1ccc2c(c1)CCO2)c1ccc(Cl)cc1. The van der Waals surface area contributed by atoms with Gasteiger partial charge in [0.15, 0.2) is 0 Å². The molecule has 0 radical (unpaired) electrons. The number of hydrogen-bond donors (Lipinski definition) is 2. The molecule has 1 heterocycles. The maximum absolute atomic E-state index is 12.2. The van der Waals surface area contributed by atoms with Gasteiger partial charge in [0.25, 0.3) is 0 Å². The Morgan fingerprint density at radius 1 is 1.22 bits per heavy atom. The van der Waals surface area contributed by atoms with Gasteiger partial charge in [-0.15, -0.1) is 0 Å². The lowest BCUT2D eigenvalue weighted by molar-refractivity contribution is 0.182. The molecule has 0 saturated heterocycles. The van der Waals surface area contributed by atoms with Crippen LogP contribution in [0.5, 0.6) is 5.75 Å². The van der Waals surface area contributed by atoms with E-state index in [2.05, 4.69) is 4.72 Å². The average Bonchev–Trinajstić information content (AvgIpc) is 3.00. The number of aliphatic hydroxyl groups excluding tert-OH is 1. The summed E-state index contributed by atoms with van der Waals surface area (Å²) in [4.78, 5) is 0.108. The molecule has 0 bridgehead atoms. The number of hydrogen-bond acceptors (Lipinski definition) is 4. The van der Waals surface area contributed by atoms with Gasteiger partial charge in [0, 0.05) is 18.0 Å². The summed E-state index contributed by atoms with van der Waals surface area (Å²) in [6.07, 6.45) is -0.130. The molecule has 0 amide bonds. The molecule has 23 heavy (non-hydrogen) atoms. The lowest BCUT2D eigenvalue weighted by atomic mass is 10.0. The molecular weight excluding hydrogens is 338 g/mol. The molecular formula is C16H16ClNO4S. The minimum absolute atomic E-state index is 0.107. The topological polar surface area (TPSA) is 75.6 Å². The van der Waals surface area contributed by atoms with Crippen LogP contribution < -0.4 is 9.46 Å². The third-order valence-electron chi connectivity index (χ3n) is 3.69. The van der Waals surface area contributed by atoms with Gasteiger partial charge in [0.2, 0.25) is 10.0 Å². The fourth-order valence-corrected chi connectivity index (χ4v) is 3.58. The number of halogens is 1. The van der Waals surface area contributed by atoms with Crippen LogP contribution in [0, 0.1) is 0 Å². The van der Waals surface area contributed by atoms with Crippen molar-refractivity contribution >= 4 is 21.6 Å². The summed E-state index contributed by atoms with van der Waals surface area (Å²) in [5, 5.41) is 10.7. The van der Waals surface area contributed by atoms with Gasteiger partial charge in [-0.3, -0.25) is 0 Å². The molecule has 0 saturated carbocycles. The van der Waals surface area contributed by atoms with Crippen LogP contribution in [-0.4, -0.2) is 26.7 Å². The van der Waals surface area contributed by atoms with E-state index in [1.807, 2.05) is 6.07 Å². The lowest BCUT2D eigenvalue weighted by Gasteiger charge is -2.13. The van der Waals surface area contributed by atoms with Gasteiger partial charge in [-0.1, -0.05) is 17.7 Å². The lowest BCUT2D eigenvalue weighted by Crippen LogP contribution is -2.28. The zero-order valence-corrected chi connectivity index (χ0v) is 13.8. The van der Waals surface area contributed by atoms with Gasteiger partial charge in [-0.2, -0.15) is 0 Å². The Balaban J connectivity index is 1.68. The van der Waals surface area contributed by atoms with Crippen molar-refractivity contribution in [3.8, 4) is 5.75 Å².